The lowest BCUT2D eigenvalue weighted by Gasteiger charge is -2.08. The van der Waals surface area contributed by atoms with Crippen LogP contribution in [0.2, 0.25) is 0 Å². The van der Waals surface area contributed by atoms with Crippen LogP contribution in [0.25, 0.3) is 0 Å². The number of furan rings is 1. The topological polar surface area (TPSA) is 33.4 Å². The predicted molar refractivity (Wildman–Crippen MR) is 63.3 cm³/mol. The van der Waals surface area contributed by atoms with Gasteiger partial charge in [-0.15, -0.1) is 0 Å². The lowest BCUT2D eigenvalue weighted by molar-refractivity contribution is 0.187. The number of hydrogen-bond donors (Lipinski definition) is 1. The third-order valence-electron chi connectivity index (χ3n) is 2.69. The minimum Gasteiger partial charge on any atom is -0.463 e. The maximum absolute atomic E-state index is 10.1. The van der Waals surface area contributed by atoms with E-state index in [9.17, 15) is 5.11 Å². The number of aliphatic hydroxyl groups is 1. The summed E-state index contributed by atoms with van der Waals surface area (Å²) in [7, 11) is 0. The quantitative estimate of drug-likeness (QED) is 0.854. The highest BCUT2D eigenvalue weighted by atomic mass is 16.4. The van der Waals surface area contributed by atoms with Crippen LogP contribution in [0.15, 0.2) is 40.8 Å². The molecule has 0 spiro atoms. The molecule has 0 bridgehead atoms. The van der Waals surface area contributed by atoms with Gasteiger partial charge in [-0.1, -0.05) is 36.8 Å². The van der Waals surface area contributed by atoms with Crippen LogP contribution in [0.1, 0.15) is 35.7 Å². The summed E-state index contributed by atoms with van der Waals surface area (Å²) in [5.41, 5.74) is 2.05. The molecule has 2 rings (SSSR count). The van der Waals surface area contributed by atoms with Gasteiger partial charge in [0.2, 0.25) is 0 Å². The molecule has 1 aromatic carbocycles. The molecule has 0 saturated heterocycles. The van der Waals surface area contributed by atoms with E-state index in [1.807, 2.05) is 50.2 Å². The van der Waals surface area contributed by atoms with Crippen molar-refractivity contribution in [2.24, 2.45) is 0 Å². The maximum Gasteiger partial charge on any atom is 0.137 e. The molecule has 84 valence electrons. The Kier molecular flexibility index (Phi) is 3.11. The minimum atomic E-state index is -0.666. The first-order valence-corrected chi connectivity index (χ1v) is 5.54. The highest BCUT2D eigenvalue weighted by Gasteiger charge is 2.13. The maximum atomic E-state index is 10.1. The summed E-state index contributed by atoms with van der Waals surface area (Å²) in [5, 5.41) is 10.1. The molecule has 0 aliphatic rings. The first kappa shape index (κ1) is 11.0. The Morgan fingerprint density at radius 2 is 1.81 bits per heavy atom. The second-order valence-electron chi connectivity index (χ2n) is 3.97. The summed E-state index contributed by atoms with van der Waals surface area (Å²) < 4.78 is 5.53. The molecule has 16 heavy (non-hydrogen) atoms. The van der Waals surface area contributed by atoms with Gasteiger partial charge in [-0.05, 0) is 24.6 Å². The Hall–Kier alpha value is -1.54. The monoisotopic (exact) mass is 216 g/mol. The van der Waals surface area contributed by atoms with E-state index in [-0.39, 0.29) is 0 Å². The van der Waals surface area contributed by atoms with Crippen molar-refractivity contribution < 1.29 is 9.52 Å². The summed E-state index contributed by atoms with van der Waals surface area (Å²) in [6.45, 7) is 4.05. The number of rotatable bonds is 3. The van der Waals surface area contributed by atoms with Gasteiger partial charge in [0, 0.05) is 6.42 Å². The lowest BCUT2D eigenvalue weighted by atomic mass is 10.1. The molecular weight excluding hydrogens is 200 g/mol. The van der Waals surface area contributed by atoms with Gasteiger partial charge in [0.05, 0.1) is 0 Å². The SMILES string of the molecule is CCc1ccc(C(O)c2ccc(C)cc2)o1. The van der Waals surface area contributed by atoms with Gasteiger partial charge in [0.15, 0.2) is 0 Å². The average Bonchev–Trinajstić information content (AvgIpc) is 2.77. The van der Waals surface area contributed by atoms with Gasteiger partial charge >= 0.3 is 0 Å². The van der Waals surface area contributed by atoms with E-state index in [0.29, 0.717) is 5.76 Å². The van der Waals surface area contributed by atoms with Crippen LogP contribution in [0, 0.1) is 6.92 Å². The van der Waals surface area contributed by atoms with Gasteiger partial charge in [0.1, 0.15) is 17.6 Å². The van der Waals surface area contributed by atoms with Crippen LogP contribution >= 0.6 is 0 Å². The number of hydrogen-bond acceptors (Lipinski definition) is 2. The van der Waals surface area contributed by atoms with Crippen LogP contribution < -0.4 is 0 Å². The van der Waals surface area contributed by atoms with Crippen LogP contribution in [0.5, 0.6) is 0 Å². The first-order valence-electron chi connectivity index (χ1n) is 5.54. The normalized spacial score (nSPS) is 12.7. The highest BCUT2D eigenvalue weighted by Crippen LogP contribution is 2.24. The fourth-order valence-corrected chi connectivity index (χ4v) is 1.64. The Morgan fingerprint density at radius 3 is 2.38 bits per heavy atom. The minimum absolute atomic E-state index is 0.612. The van der Waals surface area contributed by atoms with Gasteiger partial charge < -0.3 is 9.52 Å². The second kappa shape index (κ2) is 4.54. The fraction of sp³-hybridized carbons (Fsp3) is 0.286. The molecular formula is C14H16O2. The summed E-state index contributed by atoms with van der Waals surface area (Å²) in [4.78, 5) is 0. The molecule has 0 fully saturated rings. The largest absolute Gasteiger partial charge is 0.463 e. The molecule has 0 saturated carbocycles. The Labute approximate surface area is 95.5 Å². The van der Waals surface area contributed by atoms with Gasteiger partial charge in [-0.3, -0.25) is 0 Å². The average molecular weight is 216 g/mol. The number of benzene rings is 1. The summed E-state index contributed by atoms with van der Waals surface area (Å²) in [6, 6.07) is 11.6. The zero-order chi connectivity index (χ0) is 11.5. The van der Waals surface area contributed by atoms with Gasteiger partial charge in [-0.25, -0.2) is 0 Å². The highest BCUT2D eigenvalue weighted by molar-refractivity contribution is 5.28. The molecule has 2 nitrogen and oxygen atoms in total. The Morgan fingerprint density at radius 1 is 1.12 bits per heavy atom. The van der Waals surface area contributed by atoms with Crippen LogP contribution in [0.3, 0.4) is 0 Å². The van der Waals surface area contributed by atoms with Crippen molar-refractivity contribution in [1.29, 1.82) is 0 Å². The van der Waals surface area contributed by atoms with E-state index in [1.165, 1.54) is 5.56 Å². The van der Waals surface area contributed by atoms with Crippen molar-refractivity contribution in [2.45, 2.75) is 26.4 Å². The van der Waals surface area contributed by atoms with E-state index >= 15 is 0 Å². The van der Waals surface area contributed by atoms with Crippen LogP contribution in [-0.4, -0.2) is 5.11 Å². The Balaban J connectivity index is 2.24. The second-order valence-corrected chi connectivity index (χ2v) is 3.97. The molecule has 2 heteroatoms. The lowest BCUT2D eigenvalue weighted by Crippen LogP contribution is -1.97. The molecule has 1 atom stereocenters. The molecule has 0 amide bonds. The first-order chi connectivity index (χ1) is 7.70. The van der Waals surface area contributed by atoms with Crippen molar-refractivity contribution in [3.8, 4) is 0 Å². The molecule has 1 N–H and O–H groups in total. The molecule has 1 heterocycles. The zero-order valence-electron chi connectivity index (χ0n) is 9.60. The Bertz CT molecular complexity index is 454. The third-order valence-corrected chi connectivity index (χ3v) is 2.69. The van der Waals surface area contributed by atoms with Crippen molar-refractivity contribution in [2.75, 3.05) is 0 Å². The van der Waals surface area contributed by atoms with Crippen molar-refractivity contribution in [3.05, 3.63) is 59.0 Å². The number of aliphatic hydroxyl groups excluding tert-OH is 1. The molecule has 0 aliphatic carbocycles. The summed E-state index contributed by atoms with van der Waals surface area (Å²) >= 11 is 0. The zero-order valence-corrected chi connectivity index (χ0v) is 9.60. The van der Waals surface area contributed by atoms with E-state index < -0.39 is 6.10 Å². The fourth-order valence-electron chi connectivity index (χ4n) is 1.64. The molecule has 1 aromatic heterocycles. The van der Waals surface area contributed by atoms with Crippen molar-refractivity contribution in [1.82, 2.24) is 0 Å². The molecule has 0 radical (unpaired) electrons. The molecule has 1 unspecified atom stereocenters. The predicted octanol–water partition coefficient (Wildman–Crippen LogP) is 3.23. The number of aryl methyl sites for hydroxylation is 2. The summed E-state index contributed by atoms with van der Waals surface area (Å²) in [5.74, 6) is 1.52. The van der Waals surface area contributed by atoms with E-state index in [0.717, 1.165) is 17.7 Å². The summed E-state index contributed by atoms with van der Waals surface area (Å²) in [6.07, 6.45) is 0.182. The van der Waals surface area contributed by atoms with Crippen LogP contribution in [-0.2, 0) is 6.42 Å². The van der Waals surface area contributed by atoms with Crippen molar-refractivity contribution >= 4 is 0 Å². The smallest absolute Gasteiger partial charge is 0.137 e. The molecule has 2 aromatic rings. The third kappa shape index (κ3) is 2.17. The van der Waals surface area contributed by atoms with E-state index in [1.54, 1.807) is 0 Å². The van der Waals surface area contributed by atoms with Gasteiger partial charge in [-0.2, -0.15) is 0 Å². The van der Waals surface area contributed by atoms with E-state index in [4.69, 9.17) is 4.42 Å². The van der Waals surface area contributed by atoms with Gasteiger partial charge in [0.25, 0.3) is 0 Å². The molecule has 0 aliphatic heterocycles. The van der Waals surface area contributed by atoms with Crippen LogP contribution in [0.4, 0.5) is 0 Å². The van der Waals surface area contributed by atoms with Crippen molar-refractivity contribution in [3.63, 3.8) is 0 Å². The van der Waals surface area contributed by atoms with E-state index in [2.05, 4.69) is 0 Å². The standard InChI is InChI=1S/C14H16O2/c1-3-12-8-9-13(16-12)14(15)11-6-4-10(2)5-7-11/h4-9,14-15H,3H2,1-2H3.